The van der Waals surface area contributed by atoms with E-state index in [1.807, 2.05) is 56.4 Å². The molecule has 0 amide bonds. The van der Waals surface area contributed by atoms with Crippen molar-refractivity contribution in [3.05, 3.63) is 96.3 Å². The quantitative estimate of drug-likeness (QED) is 0.375. The molecule has 0 unspecified atom stereocenters. The molecule has 7 heteroatoms. The van der Waals surface area contributed by atoms with E-state index in [-0.39, 0.29) is 5.56 Å². The molecule has 0 aliphatic heterocycles. The van der Waals surface area contributed by atoms with E-state index in [4.69, 9.17) is 4.98 Å². The Kier molecular flexibility index (Phi) is 4.74. The average Bonchev–Trinajstić information content (AvgIpc) is 3.23. The van der Waals surface area contributed by atoms with Crippen molar-refractivity contribution in [1.29, 1.82) is 0 Å². The van der Waals surface area contributed by atoms with Gasteiger partial charge in [-0.2, -0.15) is 13.8 Å². The van der Waals surface area contributed by atoms with Crippen LogP contribution in [0.4, 0.5) is 8.78 Å². The summed E-state index contributed by atoms with van der Waals surface area (Å²) in [5, 5.41) is 1.01. The smallest absolute Gasteiger partial charge is 0.224 e. The van der Waals surface area contributed by atoms with Gasteiger partial charge in [-0.3, -0.25) is 15.0 Å². The lowest BCUT2D eigenvalue weighted by Gasteiger charge is -2.24. The first-order chi connectivity index (χ1) is 15.4. The van der Waals surface area contributed by atoms with E-state index in [1.54, 1.807) is 18.3 Å². The first-order valence-corrected chi connectivity index (χ1v) is 10.1. The van der Waals surface area contributed by atoms with Gasteiger partial charge in [0.15, 0.2) is 0 Å². The number of fused-ring (bicyclic) bond motifs is 1. The monoisotopic (exact) mass is 427 g/mol. The zero-order valence-corrected chi connectivity index (χ0v) is 17.5. The predicted molar refractivity (Wildman–Crippen MR) is 119 cm³/mol. The molecule has 32 heavy (non-hydrogen) atoms. The van der Waals surface area contributed by atoms with Crippen molar-refractivity contribution in [3.63, 3.8) is 0 Å². The van der Waals surface area contributed by atoms with Gasteiger partial charge in [0.1, 0.15) is 0 Å². The molecule has 5 rings (SSSR count). The summed E-state index contributed by atoms with van der Waals surface area (Å²) >= 11 is 0. The molecule has 0 aliphatic carbocycles. The van der Waals surface area contributed by atoms with Gasteiger partial charge in [-0.05, 0) is 62.4 Å². The van der Waals surface area contributed by atoms with Gasteiger partial charge in [-0.15, -0.1) is 0 Å². The Labute approximate surface area is 183 Å². The molecule has 0 radical (unpaired) electrons. The van der Waals surface area contributed by atoms with E-state index >= 15 is 0 Å². The number of nitrogens with zero attached hydrogens (tertiary/aromatic N) is 4. The lowest BCUT2D eigenvalue weighted by molar-refractivity contribution is 0.514. The van der Waals surface area contributed by atoms with Gasteiger partial charge >= 0.3 is 0 Å². The highest BCUT2D eigenvalue weighted by molar-refractivity contribution is 5.91. The summed E-state index contributed by atoms with van der Waals surface area (Å²) in [4.78, 5) is 20.6. The second-order valence-electron chi connectivity index (χ2n) is 8.02. The Bertz CT molecular complexity index is 1440. The molecule has 5 nitrogen and oxygen atoms in total. The van der Waals surface area contributed by atoms with Crippen LogP contribution in [0.25, 0.3) is 33.5 Å². The SMILES string of the molecule is CC(C)(c1cccc(-c2ccc(F)nc2F)n1)c1cccc(-c2[nH]cc3cccnc23)n1. The first kappa shape index (κ1) is 19.9. The van der Waals surface area contributed by atoms with Crippen molar-refractivity contribution in [2.45, 2.75) is 19.3 Å². The summed E-state index contributed by atoms with van der Waals surface area (Å²) in [5.41, 5.74) is 3.94. The van der Waals surface area contributed by atoms with Gasteiger partial charge in [0.25, 0.3) is 0 Å². The predicted octanol–water partition coefficient (Wildman–Crippen LogP) is 5.69. The van der Waals surface area contributed by atoms with Crippen LogP contribution in [0.15, 0.2) is 73.1 Å². The second kappa shape index (κ2) is 7.60. The van der Waals surface area contributed by atoms with Crippen LogP contribution in [0.1, 0.15) is 25.2 Å². The molecule has 0 aromatic carbocycles. The van der Waals surface area contributed by atoms with E-state index in [2.05, 4.69) is 19.9 Å². The van der Waals surface area contributed by atoms with E-state index < -0.39 is 17.3 Å². The maximum Gasteiger partial charge on any atom is 0.224 e. The van der Waals surface area contributed by atoms with Crippen LogP contribution < -0.4 is 0 Å². The zero-order valence-electron chi connectivity index (χ0n) is 17.5. The minimum Gasteiger partial charge on any atom is -0.357 e. The molecule has 5 aromatic rings. The third-order valence-electron chi connectivity index (χ3n) is 5.57. The molecule has 5 heterocycles. The summed E-state index contributed by atoms with van der Waals surface area (Å²) in [6, 6.07) is 17.5. The van der Waals surface area contributed by atoms with Crippen molar-refractivity contribution in [2.75, 3.05) is 0 Å². The number of nitrogens with one attached hydrogen (secondary N) is 1. The van der Waals surface area contributed by atoms with E-state index in [1.165, 1.54) is 6.07 Å². The largest absolute Gasteiger partial charge is 0.357 e. The van der Waals surface area contributed by atoms with Gasteiger partial charge in [0, 0.05) is 23.2 Å². The van der Waals surface area contributed by atoms with Gasteiger partial charge < -0.3 is 4.98 Å². The fourth-order valence-corrected chi connectivity index (χ4v) is 3.75. The van der Waals surface area contributed by atoms with Crippen LogP contribution in [0.5, 0.6) is 0 Å². The second-order valence-corrected chi connectivity index (χ2v) is 8.02. The fourth-order valence-electron chi connectivity index (χ4n) is 3.75. The summed E-state index contributed by atoms with van der Waals surface area (Å²) in [6.07, 6.45) is 3.67. The van der Waals surface area contributed by atoms with Gasteiger partial charge in [0.2, 0.25) is 11.9 Å². The molecule has 0 atom stereocenters. The highest BCUT2D eigenvalue weighted by atomic mass is 19.1. The molecule has 0 bridgehead atoms. The minimum atomic E-state index is -0.890. The van der Waals surface area contributed by atoms with Crippen LogP contribution in [0.3, 0.4) is 0 Å². The van der Waals surface area contributed by atoms with Crippen LogP contribution in [-0.4, -0.2) is 24.9 Å². The fraction of sp³-hybridized carbons (Fsp3) is 0.120. The van der Waals surface area contributed by atoms with Crippen LogP contribution >= 0.6 is 0 Å². The minimum absolute atomic E-state index is 0.148. The average molecular weight is 427 g/mol. The topological polar surface area (TPSA) is 67.3 Å². The standard InChI is InChI=1S/C25H19F2N5/c1-25(2,19-9-3-7-17(30-19)16-11-12-21(26)32-24(16)27)20-10-4-8-18(31-20)23-22-15(14-29-23)6-5-13-28-22/h3-14,29H,1-2H3. The summed E-state index contributed by atoms with van der Waals surface area (Å²) < 4.78 is 27.4. The molecule has 5 aromatic heterocycles. The van der Waals surface area contributed by atoms with Crippen molar-refractivity contribution < 1.29 is 8.78 Å². The third-order valence-corrected chi connectivity index (χ3v) is 5.57. The van der Waals surface area contributed by atoms with Crippen molar-refractivity contribution in [3.8, 4) is 22.6 Å². The van der Waals surface area contributed by atoms with Gasteiger partial charge in [-0.25, -0.2) is 0 Å². The molecule has 0 saturated carbocycles. The Hall–Kier alpha value is -4.00. The normalized spacial score (nSPS) is 11.8. The molecule has 158 valence electrons. The maximum atomic E-state index is 14.2. The molecular weight excluding hydrogens is 408 g/mol. The number of hydrogen-bond acceptors (Lipinski definition) is 4. The molecule has 1 N–H and O–H groups in total. The van der Waals surface area contributed by atoms with Gasteiger partial charge in [0.05, 0.1) is 39.5 Å². The molecular formula is C25H19F2N5. The van der Waals surface area contributed by atoms with Crippen LogP contribution in [0, 0.1) is 11.9 Å². The highest BCUT2D eigenvalue weighted by Crippen LogP contribution is 2.33. The van der Waals surface area contributed by atoms with Crippen LogP contribution in [0.2, 0.25) is 0 Å². The number of aromatic nitrogens is 5. The first-order valence-electron chi connectivity index (χ1n) is 10.1. The Morgan fingerprint density at radius 3 is 2.25 bits per heavy atom. The number of halogens is 2. The number of aromatic amines is 1. The van der Waals surface area contributed by atoms with Crippen molar-refractivity contribution >= 4 is 10.9 Å². The molecule has 0 aliphatic rings. The Morgan fingerprint density at radius 2 is 1.50 bits per heavy atom. The van der Waals surface area contributed by atoms with E-state index in [0.717, 1.165) is 34.1 Å². The lowest BCUT2D eigenvalue weighted by Crippen LogP contribution is -2.22. The summed E-state index contributed by atoms with van der Waals surface area (Å²) in [5.74, 6) is -1.76. The summed E-state index contributed by atoms with van der Waals surface area (Å²) in [7, 11) is 0. The van der Waals surface area contributed by atoms with E-state index in [9.17, 15) is 8.78 Å². The van der Waals surface area contributed by atoms with Crippen molar-refractivity contribution in [1.82, 2.24) is 24.9 Å². The number of hydrogen-bond donors (Lipinski definition) is 1. The molecule has 0 saturated heterocycles. The number of rotatable bonds is 4. The summed E-state index contributed by atoms with van der Waals surface area (Å²) in [6.45, 7) is 4.02. The van der Waals surface area contributed by atoms with Crippen molar-refractivity contribution in [2.24, 2.45) is 0 Å². The zero-order chi connectivity index (χ0) is 22.3. The number of pyridine rings is 4. The highest BCUT2D eigenvalue weighted by Gasteiger charge is 2.27. The van der Waals surface area contributed by atoms with Crippen LogP contribution in [-0.2, 0) is 5.41 Å². The Morgan fingerprint density at radius 1 is 0.781 bits per heavy atom. The van der Waals surface area contributed by atoms with Gasteiger partial charge in [-0.1, -0.05) is 12.1 Å². The number of H-pyrrole nitrogens is 1. The van der Waals surface area contributed by atoms with E-state index in [0.29, 0.717) is 11.4 Å². The lowest BCUT2D eigenvalue weighted by atomic mass is 9.84. The molecule has 0 fully saturated rings. The third kappa shape index (κ3) is 3.41. The Balaban J connectivity index is 1.56. The molecule has 0 spiro atoms. The maximum absolute atomic E-state index is 14.2.